The Morgan fingerprint density at radius 1 is 1.00 bits per heavy atom. The average Bonchev–Trinajstić information content (AvgIpc) is 3.15. The number of fused-ring (bicyclic) bond motifs is 1. The maximum absolute atomic E-state index is 12.7. The van der Waals surface area contributed by atoms with E-state index in [2.05, 4.69) is 9.97 Å². The summed E-state index contributed by atoms with van der Waals surface area (Å²) in [5.74, 6) is -2.24. The molecule has 29 heavy (non-hydrogen) atoms. The van der Waals surface area contributed by atoms with Crippen molar-refractivity contribution in [3.8, 4) is 11.1 Å². The van der Waals surface area contributed by atoms with Gasteiger partial charge in [-0.3, -0.25) is 14.6 Å². The van der Waals surface area contributed by atoms with Gasteiger partial charge in [0, 0.05) is 46.5 Å². The lowest BCUT2D eigenvalue weighted by molar-refractivity contribution is -0.138. The number of nitrogens with zero attached hydrogens (tertiary/aromatic N) is 1. The second kappa shape index (κ2) is 7.89. The number of Topliss-reactive ketones (excluding diaryl/α,β-unsaturated/α-hetero) is 1. The summed E-state index contributed by atoms with van der Waals surface area (Å²) in [5, 5.41) is 11.1. The lowest BCUT2D eigenvalue weighted by Crippen LogP contribution is -2.16. The maximum atomic E-state index is 12.7. The molecule has 0 fully saturated rings. The highest BCUT2D eigenvalue weighted by molar-refractivity contribution is 6.30. The number of carbonyl (C=O) groups is 2. The Morgan fingerprint density at radius 2 is 1.72 bits per heavy atom. The van der Waals surface area contributed by atoms with Crippen LogP contribution in [0.4, 0.5) is 0 Å². The number of aromatic nitrogens is 2. The monoisotopic (exact) mass is 404 g/mol. The minimum atomic E-state index is -1.04. The van der Waals surface area contributed by atoms with Crippen LogP contribution in [0.3, 0.4) is 0 Å². The van der Waals surface area contributed by atoms with Crippen LogP contribution in [0.5, 0.6) is 0 Å². The van der Waals surface area contributed by atoms with Crippen molar-refractivity contribution in [3.05, 3.63) is 89.3 Å². The van der Waals surface area contributed by atoms with Gasteiger partial charge < -0.3 is 10.1 Å². The zero-order valence-electron chi connectivity index (χ0n) is 15.3. The number of pyridine rings is 1. The predicted octanol–water partition coefficient (Wildman–Crippen LogP) is 5.32. The first-order chi connectivity index (χ1) is 14.0. The summed E-state index contributed by atoms with van der Waals surface area (Å²) in [5.41, 5.74) is 3.79. The third-order valence-corrected chi connectivity index (χ3v) is 5.21. The van der Waals surface area contributed by atoms with E-state index >= 15 is 0 Å². The molecule has 0 aliphatic heterocycles. The van der Waals surface area contributed by atoms with Crippen LogP contribution in [0.2, 0.25) is 5.02 Å². The highest BCUT2D eigenvalue weighted by atomic mass is 35.5. The number of aromatic amines is 1. The van der Waals surface area contributed by atoms with E-state index < -0.39 is 11.9 Å². The molecule has 144 valence electrons. The maximum Gasteiger partial charge on any atom is 0.311 e. The van der Waals surface area contributed by atoms with Gasteiger partial charge >= 0.3 is 5.97 Å². The largest absolute Gasteiger partial charge is 0.481 e. The zero-order valence-corrected chi connectivity index (χ0v) is 16.1. The number of halogens is 1. The van der Waals surface area contributed by atoms with E-state index in [0.29, 0.717) is 16.1 Å². The number of aliphatic carboxylic acids is 1. The van der Waals surface area contributed by atoms with E-state index in [1.807, 2.05) is 30.3 Å². The van der Waals surface area contributed by atoms with Crippen LogP contribution in [0.25, 0.3) is 22.0 Å². The van der Waals surface area contributed by atoms with Gasteiger partial charge in [0.05, 0.1) is 5.92 Å². The highest BCUT2D eigenvalue weighted by Crippen LogP contribution is 2.32. The molecule has 0 radical (unpaired) electrons. The normalized spacial score (nSPS) is 12.0. The van der Waals surface area contributed by atoms with Gasteiger partial charge in [0.25, 0.3) is 0 Å². The summed E-state index contributed by atoms with van der Waals surface area (Å²) in [6.07, 6.45) is 4.96. The summed E-state index contributed by atoms with van der Waals surface area (Å²) >= 11 is 5.87. The van der Waals surface area contributed by atoms with E-state index in [1.165, 1.54) is 0 Å². The van der Waals surface area contributed by atoms with E-state index in [-0.39, 0.29) is 12.2 Å². The topological polar surface area (TPSA) is 83.0 Å². The smallest absolute Gasteiger partial charge is 0.311 e. The molecular formula is C23H17ClN2O3. The molecular weight excluding hydrogens is 388 g/mol. The molecule has 0 aliphatic carbocycles. The Bertz CT molecular complexity index is 1180. The van der Waals surface area contributed by atoms with Gasteiger partial charge in [0.1, 0.15) is 0 Å². The fraction of sp³-hybridized carbons (Fsp3) is 0.0870. The van der Waals surface area contributed by atoms with Crippen molar-refractivity contribution >= 4 is 34.3 Å². The molecule has 0 bridgehead atoms. The minimum absolute atomic E-state index is 0.136. The second-order valence-corrected chi connectivity index (χ2v) is 7.20. The Morgan fingerprint density at radius 3 is 2.41 bits per heavy atom. The van der Waals surface area contributed by atoms with Gasteiger partial charge in [-0.2, -0.15) is 0 Å². The van der Waals surface area contributed by atoms with Crippen molar-refractivity contribution in [3.63, 3.8) is 0 Å². The molecule has 4 aromatic rings. The number of benzene rings is 2. The van der Waals surface area contributed by atoms with Crippen LogP contribution in [0.15, 0.2) is 73.2 Å². The zero-order chi connectivity index (χ0) is 20.4. The van der Waals surface area contributed by atoms with Gasteiger partial charge in [-0.15, -0.1) is 0 Å². The lowest BCUT2D eigenvalue weighted by atomic mass is 9.90. The van der Waals surface area contributed by atoms with Crippen molar-refractivity contribution in [1.29, 1.82) is 0 Å². The SMILES string of the molecule is O=C(CC(C(=O)O)c1c[nH]c2ccc(-c3ccncc3)cc12)c1ccc(Cl)cc1. The first-order valence-corrected chi connectivity index (χ1v) is 9.44. The van der Waals surface area contributed by atoms with Crippen LogP contribution < -0.4 is 0 Å². The lowest BCUT2D eigenvalue weighted by Gasteiger charge is -2.12. The average molecular weight is 405 g/mol. The first-order valence-electron chi connectivity index (χ1n) is 9.06. The number of H-pyrrole nitrogens is 1. The molecule has 2 N–H and O–H groups in total. The number of hydrogen-bond donors (Lipinski definition) is 2. The number of hydrogen-bond acceptors (Lipinski definition) is 3. The summed E-state index contributed by atoms with van der Waals surface area (Å²) in [6, 6.07) is 16.1. The Labute approximate surface area is 172 Å². The fourth-order valence-corrected chi connectivity index (χ4v) is 3.55. The number of ketones is 1. The third kappa shape index (κ3) is 3.91. The summed E-state index contributed by atoms with van der Waals surface area (Å²) in [4.78, 5) is 31.8. The van der Waals surface area contributed by atoms with E-state index in [0.717, 1.165) is 22.0 Å². The highest BCUT2D eigenvalue weighted by Gasteiger charge is 2.26. The fourth-order valence-electron chi connectivity index (χ4n) is 3.42. The molecule has 0 saturated heterocycles. The molecule has 0 spiro atoms. The van der Waals surface area contributed by atoms with Gasteiger partial charge in [-0.05, 0) is 65.2 Å². The predicted molar refractivity (Wildman–Crippen MR) is 112 cm³/mol. The molecule has 2 aromatic heterocycles. The Hall–Kier alpha value is -3.44. The van der Waals surface area contributed by atoms with E-state index in [1.54, 1.807) is 42.9 Å². The quantitative estimate of drug-likeness (QED) is 0.426. The first kappa shape index (κ1) is 18.9. The number of nitrogens with one attached hydrogen (secondary N) is 1. The summed E-state index contributed by atoms with van der Waals surface area (Å²) < 4.78 is 0. The van der Waals surface area contributed by atoms with Gasteiger partial charge in [0.2, 0.25) is 0 Å². The van der Waals surface area contributed by atoms with Gasteiger partial charge in [0.15, 0.2) is 5.78 Å². The Balaban J connectivity index is 1.71. The molecule has 0 aliphatic rings. The minimum Gasteiger partial charge on any atom is -0.481 e. The van der Waals surface area contributed by atoms with Crippen molar-refractivity contribution in [2.45, 2.75) is 12.3 Å². The van der Waals surface area contributed by atoms with Crippen LogP contribution in [0, 0.1) is 0 Å². The number of rotatable bonds is 6. The van der Waals surface area contributed by atoms with Crippen molar-refractivity contribution < 1.29 is 14.7 Å². The van der Waals surface area contributed by atoms with Crippen LogP contribution in [0.1, 0.15) is 28.3 Å². The molecule has 1 atom stereocenters. The number of carboxylic acids is 1. The summed E-state index contributed by atoms with van der Waals surface area (Å²) in [7, 11) is 0. The number of carbonyl (C=O) groups excluding carboxylic acids is 1. The molecule has 6 heteroatoms. The number of carboxylic acid groups (broad SMARTS) is 1. The van der Waals surface area contributed by atoms with Crippen molar-refractivity contribution in [2.24, 2.45) is 0 Å². The van der Waals surface area contributed by atoms with Gasteiger partial charge in [-0.1, -0.05) is 17.7 Å². The van der Waals surface area contributed by atoms with Crippen molar-refractivity contribution in [2.75, 3.05) is 0 Å². The molecule has 1 unspecified atom stereocenters. The third-order valence-electron chi connectivity index (χ3n) is 4.96. The van der Waals surface area contributed by atoms with E-state index in [4.69, 9.17) is 11.6 Å². The second-order valence-electron chi connectivity index (χ2n) is 6.77. The molecule has 5 nitrogen and oxygen atoms in total. The van der Waals surface area contributed by atoms with Crippen LogP contribution >= 0.6 is 11.6 Å². The Kier molecular flexibility index (Phi) is 5.14. The molecule has 0 saturated carbocycles. The molecule has 2 heterocycles. The summed E-state index contributed by atoms with van der Waals surface area (Å²) in [6.45, 7) is 0. The van der Waals surface area contributed by atoms with Crippen LogP contribution in [-0.4, -0.2) is 26.8 Å². The van der Waals surface area contributed by atoms with Crippen molar-refractivity contribution in [1.82, 2.24) is 9.97 Å². The standard InChI is InChI=1S/C23H17ClN2O3/c24-17-4-1-15(2-5-17)22(27)12-19(23(28)29)20-13-26-21-6-3-16(11-18(20)21)14-7-9-25-10-8-14/h1-11,13,19,26H,12H2,(H,28,29). The molecule has 4 rings (SSSR count). The van der Waals surface area contributed by atoms with E-state index in [9.17, 15) is 14.7 Å². The van der Waals surface area contributed by atoms with Gasteiger partial charge in [-0.25, -0.2) is 0 Å². The van der Waals surface area contributed by atoms with Crippen LogP contribution in [-0.2, 0) is 4.79 Å². The molecule has 0 amide bonds. The molecule has 2 aromatic carbocycles.